The maximum atomic E-state index is 12.2. The van der Waals surface area contributed by atoms with E-state index < -0.39 is 11.7 Å². The summed E-state index contributed by atoms with van der Waals surface area (Å²) in [6.45, 7) is 0. The van der Waals surface area contributed by atoms with Crippen LogP contribution < -0.4 is 17.2 Å². The highest BCUT2D eigenvalue weighted by Crippen LogP contribution is 2.30. The third-order valence-corrected chi connectivity index (χ3v) is 1.68. The fraction of sp³-hybridized carbons (Fsp3) is 0.111. The predicted molar refractivity (Wildman–Crippen MR) is 58.5 cm³/mol. The Balaban J connectivity index is 2.93. The Kier molecular flexibility index (Phi) is 3.56. The van der Waals surface area contributed by atoms with E-state index in [0.717, 1.165) is 24.3 Å². The second kappa shape index (κ2) is 4.73. The van der Waals surface area contributed by atoms with Crippen molar-refractivity contribution in [2.45, 2.75) is 6.18 Å². The molecule has 0 saturated heterocycles. The van der Waals surface area contributed by atoms with Crippen molar-refractivity contribution in [3.63, 3.8) is 0 Å². The molecular weight excluding hydrogens is 235 g/mol. The average Bonchev–Trinajstić information content (AvgIpc) is 2.15. The van der Waals surface area contributed by atoms with E-state index in [1.54, 1.807) is 0 Å². The first kappa shape index (κ1) is 12.8. The molecule has 0 fully saturated rings. The number of aliphatic imine (C=N–C) groups is 2. The standard InChI is InChI=1S/C9H10F3N5/c10-9(11,12)5-1-3-6(4-2-5)16-8(15)17-7(13)14/h1-4H,(H6,13,14,15,16,17). The molecule has 92 valence electrons. The largest absolute Gasteiger partial charge is 0.416 e. The number of hydrogen-bond donors (Lipinski definition) is 3. The lowest BCUT2D eigenvalue weighted by Gasteiger charge is -2.05. The first-order valence-electron chi connectivity index (χ1n) is 4.40. The summed E-state index contributed by atoms with van der Waals surface area (Å²) in [5, 5.41) is 0. The third kappa shape index (κ3) is 4.01. The van der Waals surface area contributed by atoms with Gasteiger partial charge in [0, 0.05) is 0 Å². The van der Waals surface area contributed by atoms with E-state index in [1.807, 2.05) is 0 Å². The van der Waals surface area contributed by atoms with Gasteiger partial charge in [-0.3, -0.25) is 0 Å². The second-order valence-corrected chi connectivity index (χ2v) is 3.05. The van der Waals surface area contributed by atoms with Crippen LogP contribution in [0.3, 0.4) is 0 Å². The number of alkyl halides is 3. The molecule has 0 bridgehead atoms. The molecule has 8 heteroatoms. The topological polar surface area (TPSA) is 103 Å². The number of nitrogens with two attached hydrogens (primary N) is 3. The Morgan fingerprint density at radius 3 is 1.94 bits per heavy atom. The van der Waals surface area contributed by atoms with Crippen molar-refractivity contribution in [1.82, 2.24) is 0 Å². The SMILES string of the molecule is NC(N)=NC(N)=Nc1ccc(C(F)(F)F)cc1. The van der Waals surface area contributed by atoms with Crippen LogP contribution in [-0.2, 0) is 6.18 Å². The molecule has 0 unspecified atom stereocenters. The van der Waals surface area contributed by atoms with Crippen molar-refractivity contribution in [1.29, 1.82) is 0 Å². The summed E-state index contributed by atoms with van der Waals surface area (Å²) in [6.07, 6.45) is -4.38. The van der Waals surface area contributed by atoms with Crippen LogP contribution in [0, 0.1) is 0 Å². The lowest BCUT2D eigenvalue weighted by molar-refractivity contribution is -0.137. The van der Waals surface area contributed by atoms with Crippen LogP contribution in [0.1, 0.15) is 5.56 Å². The Morgan fingerprint density at radius 2 is 1.53 bits per heavy atom. The van der Waals surface area contributed by atoms with Gasteiger partial charge < -0.3 is 17.2 Å². The summed E-state index contributed by atoms with van der Waals surface area (Å²) in [4.78, 5) is 7.12. The van der Waals surface area contributed by atoms with Crippen molar-refractivity contribution in [3.05, 3.63) is 29.8 Å². The van der Waals surface area contributed by atoms with Crippen LogP contribution in [0.4, 0.5) is 18.9 Å². The molecule has 6 N–H and O–H groups in total. The Morgan fingerprint density at radius 1 is 1.00 bits per heavy atom. The zero-order valence-corrected chi connectivity index (χ0v) is 8.57. The number of halogens is 3. The molecule has 0 amide bonds. The highest BCUT2D eigenvalue weighted by Gasteiger charge is 2.29. The van der Waals surface area contributed by atoms with Crippen LogP contribution in [0.2, 0.25) is 0 Å². The normalized spacial score (nSPS) is 12.3. The fourth-order valence-corrected chi connectivity index (χ4v) is 1.01. The first-order chi connectivity index (χ1) is 7.79. The molecule has 5 nitrogen and oxygen atoms in total. The van der Waals surface area contributed by atoms with Gasteiger partial charge >= 0.3 is 6.18 Å². The number of rotatable bonds is 1. The van der Waals surface area contributed by atoms with E-state index in [0.29, 0.717) is 0 Å². The van der Waals surface area contributed by atoms with Crippen molar-refractivity contribution in [2.75, 3.05) is 0 Å². The minimum atomic E-state index is -4.38. The molecule has 0 aliphatic heterocycles. The second-order valence-electron chi connectivity index (χ2n) is 3.05. The van der Waals surface area contributed by atoms with E-state index in [4.69, 9.17) is 17.2 Å². The van der Waals surface area contributed by atoms with Crippen LogP contribution >= 0.6 is 0 Å². The Labute approximate surface area is 94.8 Å². The summed E-state index contributed by atoms with van der Waals surface area (Å²) >= 11 is 0. The van der Waals surface area contributed by atoms with Crippen molar-refractivity contribution in [2.24, 2.45) is 27.2 Å². The maximum absolute atomic E-state index is 12.2. The molecule has 0 aromatic heterocycles. The molecular formula is C9H10F3N5. The summed E-state index contributed by atoms with van der Waals surface area (Å²) in [5.74, 6) is -0.511. The molecule has 1 aromatic carbocycles. The number of benzene rings is 1. The summed E-state index contributed by atoms with van der Waals surface area (Å²) in [7, 11) is 0. The maximum Gasteiger partial charge on any atom is 0.416 e. The molecule has 0 spiro atoms. The summed E-state index contributed by atoms with van der Waals surface area (Å²) in [5.41, 5.74) is 14.9. The van der Waals surface area contributed by atoms with Crippen LogP contribution in [-0.4, -0.2) is 11.9 Å². The van der Waals surface area contributed by atoms with E-state index in [2.05, 4.69) is 9.98 Å². The van der Waals surface area contributed by atoms with Gasteiger partial charge in [-0.15, -0.1) is 0 Å². The van der Waals surface area contributed by atoms with E-state index >= 15 is 0 Å². The van der Waals surface area contributed by atoms with Crippen molar-refractivity contribution in [3.8, 4) is 0 Å². The van der Waals surface area contributed by atoms with Gasteiger partial charge in [0.15, 0.2) is 5.96 Å². The zero-order valence-electron chi connectivity index (χ0n) is 8.57. The fourth-order valence-electron chi connectivity index (χ4n) is 1.01. The minimum Gasteiger partial charge on any atom is -0.370 e. The van der Waals surface area contributed by atoms with Crippen LogP contribution in [0.15, 0.2) is 34.3 Å². The van der Waals surface area contributed by atoms with E-state index in [-0.39, 0.29) is 17.6 Å². The van der Waals surface area contributed by atoms with Gasteiger partial charge in [0.25, 0.3) is 0 Å². The van der Waals surface area contributed by atoms with Gasteiger partial charge in [0.1, 0.15) is 0 Å². The van der Waals surface area contributed by atoms with Crippen LogP contribution in [0.5, 0.6) is 0 Å². The zero-order chi connectivity index (χ0) is 13.1. The van der Waals surface area contributed by atoms with Gasteiger partial charge in [-0.2, -0.15) is 18.2 Å². The first-order valence-corrected chi connectivity index (χ1v) is 4.40. The third-order valence-electron chi connectivity index (χ3n) is 1.68. The quantitative estimate of drug-likeness (QED) is 0.506. The molecule has 0 heterocycles. The van der Waals surface area contributed by atoms with Gasteiger partial charge in [0.05, 0.1) is 11.3 Å². The average molecular weight is 245 g/mol. The number of guanidine groups is 2. The smallest absolute Gasteiger partial charge is 0.370 e. The van der Waals surface area contributed by atoms with Gasteiger partial charge in [-0.1, -0.05) is 0 Å². The molecule has 0 radical (unpaired) electrons. The van der Waals surface area contributed by atoms with Crippen molar-refractivity contribution < 1.29 is 13.2 Å². The minimum absolute atomic E-state index is 0.223. The molecule has 0 atom stereocenters. The predicted octanol–water partition coefficient (Wildman–Crippen LogP) is 0.925. The Bertz CT molecular complexity index is 443. The molecule has 1 rings (SSSR count). The lowest BCUT2D eigenvalue weighted by atomic mass is 10.2. The van der Waals surface area contributed by atoms with E-state index in [9.17, 15) is 13.2 Å². The van der Waals surface area contributed by atoms with Crippen LogP contribution in [0.25, 0.3) is 0 Å². The summed E-state index contributed by atoms with van der Waals surface area (Å²) < 4.78 is 36.7. The molecule has 0 saturated carbocycles. The molecule has 0 aliphatic carbocycles. The molecule has 0 aliphatic rings. The highest BCUT2D eigenvalue weighted by molar-refractivity contribution is 5.93. The van der Waals surface area contributed by atoms with Gasteiger partial charge in [-0.25, -0.2) is 4.99 Å². The number of nitrogens with zero attached hydrogens (tertiary/aromatic N) is 2. The molecule has 1 aromatic rings. The lowest BCUT2D eigenvalue weighted by Crippen LogP contribution is -2.26. The van der Waals surface area contributed by atoms with Crippen molar-refractivity contribution >= 4 is 17.6 Å². The molecule has 17 heavy (non-hydrogen) atoms. The number of hydrogen-bond acceptors (Lipinski definition) is 1. The van der Waals surface area contributed by atoms with Gasteiger partial charge in [-0.05, 0) is 24.3 Å². The highest BCUT2D eigenvalue weighted by atomic mass is 19.4. The monoisotopic (exact) mass is 245 g/mol. The van der Waals surface area contributed by atoms with E-state index in [1.165, 1.54) is 0 Å². The summed E-state index contributed by atoms with van der Waals surface area (Å²) in [6, 6.07) is 4.11. The van der Waals surface area contributed by atoms with Gasteiger partial charge in [0.2, 0.25) is 5.96 Å². The Hall–Kier alpha value is -2.25.